The van der Waals surface area contributed by atoms with Crippen molar-refractivity contribution < 1.29 is 26.3 Å². The van der Waals surface area contributed by atoms with Crippen molar-refractivity contribution in [2.45, 2.75) is 39.5 Å². The Balaban J connectivity index is 2.01. The molecule has 0 saturated carbocycles. The molecule has 4 aromatic rings. The van der Waals surface area contributed by atoms with Crippen molar-refractivity contribution in [2.75, 3.05) is 0 Å². The van der Waals surface area contributed by atoms with Crippen LogP contribution in [0.4, 0.5) is 26.3 Å². The highest BCUT2D eigenvalue weighted by molar-refractivity contribution is 7.15. The Bertz CT molecular complexity index is 1230. The van der Waals surface area contributed by atoms with Gasteiger partial charge < -0.3 is 0 Å². The van der Waals surface area contributed by atoms with Gasteiger partial charge in [0, 0.05) is 12.8 Å². The van der Waals surface area contributed by atoms with Gasteiger partial charge in [0.2, 0.25) is 0 Å². The average molecular weight is 488 g/mol. The van der Waals surface area contributed by atoms with Gasteiger partial charge in [0.15, 0.2) is 33.3 Å². The molecule has 0 aliphatic rings. The van der Waals surface area contributed by atoms with E-state index in [1.54, 1.807) is 0 Å². The van der Waals surface area contributed by atoms with Gasteiger partial charge in [0.1, 0.15) is 21.6 Å². The zero-order valence-electron chi connectivity index (χ0n) is 16.7. The summed E-state index contributed by atoms with van der Waals surface area (Å²) in [6.07, 6.45) is 2.26. The largest absolute Gasteiger partial charge is 0.205 e. The predicted octanol–water partition coefficient (Wildman–Crippen LogP) is 6.62. The molecule has 2 aromatic heterocycles. The smallest absolute Gasteiger partial charge is 0.172 e. The summed E-state index contributed by atoms with van der Waals surface area (Å²) in [5, 5.41) is 12.2. The van der Waals surface area contributed by atoms with E-state index in [0.29, 0.717) is 35.7 Å². The van der Waals surface area contributed by atoms with Crippen LogP contribution >= 0.6 is 22.7 Å². The van der Waals surface area contributed by atoms with Gasteiger partial charge in [-0.15, -0.1) is 20.4 Å². The van der Waals surface area contributed by atoms with Crippen LogP contribution in [0.15, 0.2) is 0 Å². The van der Waals surface area contributed by atoms with E-state index >= 15 is 8.78 Å². The first kappa shape index (κ1) is 22.6. The second-order valence-corrected chi connectivity index (χ2v) is 9.01. The Kier molecular flexibility index (Phi) is 6.17. The molecule has 12 heteroatoms. The van der Waals surface area contributed by atoms with E-state index in [1.807, 2.05) is 13.8 Å². The van der Waals surface area contributed by atoms with Gasteiger partial charge in [-0.05, 0) is 12.8 Å². The molecule has 0 fully saturated rings. The molecular weight excluding hydrogens is 474 g/mol. The minimum Gasteiger partial charge on any atom is -0.205 e. The second-order valence-electron chi connectivity index (χ2n) is 6.89. The van der Waals surface area contributed by atoms with Crippen LogP contribution in [0.1, 0.15) is 36.7 Å². The Morgan fingerprint density at radius 2 is 0.906 bits per heavy atom. The number of halogens is 6. The van der Waals surface area contributed by atoms with E-state index in [0.717, 1.165) is 22.7 Å². The van der Waals surface area contributed by atoms with Crippen molar-refractivity contribution in [3.63, 3.8) is 0 Å². The fourth-order valence-electron chi connectivity index (χ4n) is 3.23. The molecule has 0 unspecified atom stereocenters. The van der Waals surface area contributed by atoms with Crippen LogP contribution < -0.4 is 0 Å². The van der Waals surface area contributed by atoms with Crippen molar-refractivity contribution in [3.8, 4) is 21.1 Å². The van der Waals surface area contributed by atoms with Gasteiger partial charge in [-0.1, -0.05) is 36.5 Å². The normalized spacial score (nSPS) is 11.6. The molecule has 0 aliphatic heterocycles. The Morgan fingerprint density at radius 3 is 1.25 bits per heavy atom. The van der Waals surface area contributed by atoms with Crippen molar-refractivity contribution >= 4 is 33.4 Å². The molecule has 0 saturated heterocycles. The molecule has 4 rings (SSSR count). The molecule has 0 atom stereocenters. The highest BCUT2D eigenvalue weighted by atomic mass is 32.1. The summed E-state index contributed by atoms with van der Waals surface area (Å²) in [4.78, 5) is 0. The van der Waals surface area contributed by atoms with E-state index in [9.17, 15) is 17.6 Å². The van der Waals surface area contributed by atoms with E-state index in [4.69, 9.17) is 0 Å². The molecule has 32 heavy (non-hydrogen) atoms. The molecule has 2 aromatic carbocycles. The predicted molar refractivity (Wildman–Crippen MR) is 109 cm³/mol. The fourth-order valence-corrected chi connectivity index (χ4v) is 5.18. The molecule has 4 nitrogen and oxygen atoms in total. The maximum atomic E-state index is 15.2. The number of hydrogen-bond acceptors (Lipinski definition) is 6. The molecular formula is C20H14F6N4S2. The van der Waals surface area contributed by atoms with E-state index < -0.39 is 56.8 Å². The van der Waals surface area contributed by atoms with E-state index in [2.05, 4.69) is 20.4 Å². The summed E-state index contributed by atoms with van der Waals surface area (Å²) in [5.41, 5.74) is -2.05. The van der Waals surface area contributed by atoms with Gasteiger partial charge in [-0.25, -0.2) is 26.3 Å². The van der Waals surface area contributed by atoms with Crippen molar-refractivity contribution in [2.24, 2.45) is 0 Å². The van der Waals surface area contributed by atoms with Gasteiger partial charge in [-0.2, -0.15) is 0 Å². The summed E-state index contributed by atoms with van der Waals surface area (Å²) in [5.74, 6) is -10.6. The highest BCUT2D eigenvalue weighted by Crippen LogP contribution is 2.42. The van der Waals surface area contributed by atoms with Crippen LogP contribution in [-0.4, -0.2) is 20.4 Å². The summed E-state index contributed by atoms with van der Waals surface area (Å²) in [7, 11) is 0. The first-order chi connectivity index (χ1) is 15.3. The number of nitrogens with zero attached hydrogens (tertiary/aromatic N) is 4. The van der Waals surface area contributed by atoms with Crippen molar-refractivity contribution in [1.29, 1.82) is 0 Å². The SMILES string of the molecule is CCCc1nnc(-c2c(F)c(F)c3c(F)c(-c4nnc(CCC)s4)c(F)c(F)c3c2F)s1. The van der Waals surface area contributed by atoms with Crippen LogP contribution in [-0.2, 0) is 12.8 Å². The quantitative estimate of drug-likeness (QED) is 0.226. The maximum Gasteiger partial charge on any atom is 0.172 e. The molecule has 0 spiro atoms. The zero-order valence-corrected chi connectivity index (χ0v) is 18.3. The number of aromatic nitrogens is 4. The number of rotatable bonds is 6. The summed E-state index contributed by atoms with van der Waals surface area (Å²) < 4.78 is 89.9. The topological polar surface area (TPSA) is 51.6 Å². The second kappa shape index (κ2) is 8.74. The third kappa shape index (κ3) is 3.54. The zero-order chi connectivity index (χ0) is 23.2. The maximum absolute atomic E-state index is 15.2. The van der Waals surface area contributed by atoms with Crippen LogP contribution in [0, 0.1) is 34.9 Å². The monoisotopic (exact) mass is 488 g/mol. The standard InChI is InChI=1S/C20H14F6N4S2/c1-3-5-7-27-29-19(31-7)11-13(21)9-10(15(23)17(11)25)14(22)12(18(26)16(9)24)20-30-28-8(32-20)6-4-2/h3-6H2,1-2H3. The lowest BCUT2D eigenvalue weighted by molar-refractivity contribution is 0.486. The number of benzene rings is 2. The molecule has 0 aliphatic carbocycles. The first-order valence-corrected chi connectivity index (χ1v) is 11.2. The Hall–Kier alpha value is -2.60. The lowest BCUT2D eigenvalue weighted by atomic mass is 10.00. The minimum absolute atomic E-state index is 0.359. The molecule has 0 radical (unpaired) electrons. The lowest BCUT2D eigenvalue weighted by Crippen LogP contribution is -2.05. The average Bonchev–Trinajstić information content (AvgIpc) is 3.40. The van der Waals surface area contributed by atoms with Gasteiger partial charge in [-0.3, -0.25) is 0 Å². The van der Waals surface area contributed by atoms with Crippen molar-refractivity contribution in [3.05, 3.63) is 44.9 Å². The number of fused-ring (bicyclic) bond motifs is 1. The fraction of sp³-hybridized carbons (Fsp3) is 0.300. The van der Waals surface area contributed by atoms with Crippen LogP contribution in [0.2, 0.25) is 0 Å². The molecule has 2 heterocycles. The highest BCUT2D eigenvalue weighted by Gasteiger charge is 2.33. The lowest BCUT2D eigenvalue weighted by Gasteiger charge is -2.12. The van der Waals surface area contributed by atoms with Gasteiger partial charge >= 0.3 is 0 Å². The molecule has 0 bridgehead atoms. The van der Waals surface area contributed by atoms with Crippen molar-refractivity contribution in [1.82, 2.24) is 20.4 Å². The Labute approximate surface area is 186 Å². The summed E-state index contributed by atoms with van der Waals surface area (Å²) >= 11 is 1.56. The van der Waals surface area contributed by atoms with E-state index in [-0.39, 0.29) is 10.0 Å². The minimum atomic E-state index is -1.86. The molecule has 0 N–H and O–H groups in total. The van der Waals surface area contributed by atoms with E-state index in [1.165, 1.54) is 0 Å². The number of hydrogen-bond donors (Lipinski definition) is 0. The summed E-state index contributed by atoms with van der Waals surface area (Å²) in [6, 6.07) is 0. The van der Waals surface area contributed by atoms with Crippen LogP contribution in [0.3, 0.4) is 0 Å². The molecule has 0 amide bonds. The number of aryl methyl sites for hydroxylation is 2. The first-order valence-electron chi connectivity index (χ1n) is 9.62. The van der Waals surface area contributed by atoms with Gasteiger partial charge in [0.25, 0.3) is 0 Å². The van der Waals surface area contributed by atoms with Crippen LogP contribution in [0.5, 0.6) is 0 Å². The Morgan fingerprint density at radius 1 is 0.531 bits per heavy atom. The van der Waals surface area contributed by atoms with Gasteiger partial charge in [0.05, 0.1) is 21.9 Å². The van der Waals surface area contributed by atoms with Crippen LogP contribution in [0.25, 0.3) is 31.9 Å². The third-order valence-corrected chi connectivity index (χ3v) is 6.68. The summed E-state index contributed by atoms with van der Waals surface area (Å²) in [6.45, 7) is 3.69. The third-order valence-electron chi connectivity index (χ3n) is 4.68. The molecule has 168 valence electrons.